The highest BCUT2D eigenvalue weighted by atomic mass is 19.3. The Bertz CT molecular complexity index is 523. The number of nitro groups is 1. The summed E-state index contributed by atoms with van der Waals surface area (Å²) in [6.45, 7) is 1.99. The van der Waals surface area contributed by atoms with E-state index in [1.54, 1.807) is 0 Å². The maximum Gasteiger partial charge on any atom is 0.325 e. The number of nitrogens with zero attached hydrogens (tertiary/aromatic N) is 2. The van der Waals surface area contributed by atoms with Crippen molar-refractivity contribution in [2.75, 3.05) is 25.1 Å². The van der Waals surface area contributed by atoms with Crippen LogP contribution in [-0.4, -0.2) is 31.1 Å². The molecule has 0 bridgehead atoms. The number of rotatable bonds is 7. The van der Waals surface area contributed by atoms with Crippen LogP contribution in [0.25, 0.3) is 0 Å². The number of carbonyl (C=O) groups excluding carboxylic acids is 1. The summed E-state index contributed by atoms with van der Waals surface area (Å²) >= 11 is 0. The second-order valence-corrected chi connectivity index (χ2v) is 4.30. The molecule has 0 aliphatic carbocycles. The van der Waals surface area contributed by atoms with Crippen molar-refractivity contribution in [3.63, 3.8) is 0 Å². The molecule has 0 heterocycles. The number of alkyl halides is 2. The third-order valence-corrected chi connectivity index (χ3v) is 2.84. The first-order valence-electron chi connectivity index (χ1n) is 6.29. The van der Waals surface area contributed by atoms with Gasteiger partial charge < -0.3 is 9.64 Å². The standard InChI is InChI=1S/C13H16F2N2O4/c1-3-6-16(8-12(18)21-2)11-5-4-9(17(19)20)7-10(11)13(14)15/h4-5,7,13H,3,6,8H2,1-2H3. The topological polar surface area (TPSA) is 72.7 Å². The number of anilines is 1. The molecule has 21 heavy (non-hydrogen) atoms. The van der Waals surface area contributed by atoms with E-state index in [4.69, 9.17) is 0 Å². The highest BCUT2D eigenvalue weighted by Crippen LogP contribution is 2.33. The maximum atomic E-state index is 13.1. The van der Waals surface area contributed by atoms with Crippen LogP contribution >= 0.6 is 0 Å². The number of hydrogen-bond acceptors (Lipinski definition) is 5. The molecule has 0 N–H and O–H groups in total. The number of halogens is 2. The summed E-state index contributed by atoms with van der Waals surface area (Å²) in [6, 6.07) is 3.21. The first-order valence-corrected chi connectivity index (χ1v) is 6.29. The maximum absolute atomic E-state index is 13.1. The Hall–Kier alpha value is -2.25. The van der Waals surface area contributed by atoms with Crippen molar-refractivity contribution in [3.05, 3.63) is 33.9 Å². The molecular weight excluding hydrogens is 286 g/mol. The SMILES string of the molecule is CCCN(CC(=O)OC)c1ccc([N+](=O)[O-])cc1C(F)F. The molecule has 1 rings (SSSR count). The monoisotopic (exact) mass is 302 g/mol. The van der Waals surface area contributed by atoms with E-state index >= 15 is 0 Å². The zero-order valence-electron chi connectivity index (χ0n) is 11.7. The largest absolute Gasteiger partial charge is 0.468 e. The number of esters is 1. The predicted molar refractivity (Wildman–Crippen MR) is 72.6 cm³/mol. The predicted octanol–water partition coefficient (Wildman–Crippen LogP) is 2.92. The van der Waals surface area contributed by atoms with Crippen LogP contribution in [0.1, 0.15) is 25.3 Å². The molecule has 0 spiro atoms. The highest BCUT2D eigenvalue weighted by molar-refractivity contribution is 5.76. The second kappa shape index (κ2) is 7.51. The fourth-order valence-corrected chi connectivity index (χ4v) is 1.89. The molecule has 0 aromatic heterocycles. The third-order valence-electron chi connectivity index (χ3n) is 2.84. The fourth-order valence-electron chi connectivity index (χ4n) is 1.89. The zero-order valence-corrected chi connectivity index (χ0v) is 11.7. The number of ether oxygens (including phenoxy) is 1. The van der Waals surface area contributed by atoms with Crippen molar-refractivity contribution < 1.29 is 23.2 Å². The van der Waals surface area contributed by atoms with Gasteiger partial charge in [0.25, 0.3) is 12.1 Å². The minimum Gasteiger partial charge on any atom is -0.468 e. The van der Waals surface area contributed by atoms with Crippen LogP contribution in [0.15, 0.2) is 18.2 Å². The van der Waals surface area contributed by atoms with Crippen molar-refractivity contribution in [1.29, 1.82) is 0 Å². The van der Waals surface area contributed by atoms with Gasteiger partial charge in [0.05, 0.1) is 12.0 Å². The van der Waals surface area contributed by atoms with Gasteiger partial charge in [-0.1, -0.05) is 6.92 Å². The molecule has 0 radical (unpaired) electrons. The molecule has 0 fully saturated rings. The first kappa shape index (κ1) is 16.8. The van der Waals surface area contributed by atoms with Crippen LogP contribution in [0.4, 0.5) is 20.2 Å². The molecule has 0 saturated heterocycles. The minimum atomic E-state index is -2.88. The fraction of sp³-hybridized carbons (Fsp3) is 0.462. The number of nitro benzene ring substituents is 1. The minimum absolute atomic E-state index is 0.0999. The van der Waals surface area contributed by atoms with Crippen molar-refractivity contribution in [2.45, 2.75) is 19.8 Å². The van der Waals surface area contributed by atoms with E-state index in [1.807, 2.05) is 6.92 Å². The first-order chi connectivity index (χ1) is 9.90. The molecule has 0 aliphatic heterocycles. The van der Waals surface area contributed by atoms with Crippen LogP contribution in [0.3, 0.4) is 0 Å². The van der Waals surface area contributed by atoms with E-state index in [1.165, 1.54) is 18.1 Å². The number of carbonyl (C=O) groups is 1. The number of methoxy groups -OCH3 is 1. The molecule has 8 heteroatoms. The van der Waals surface area contributed by atoms with E-state index < -0.39 is 28.6 Å². The Kier molecular flexibility index (Phi) is 6.01. The van der Waals surface area contributed by atoms with Crippen LogP contribution in [0.2, 0.25) is 0 Å². The third kappa shape index (κ3) is 4.37. The van der Waals surface area contributed by atoms with Gasteiger partial charge in [-0.05, 0) is 12.5 Å². The zero-order chi connectivity index (χ0) is 16.0. The van der Waals surface area contributed by atoms with Crippen molar-refractivity contribution in [1.82, 2.24) is 0 Å². The Labute approximate surface area is 120 Å². The normalized spacial score (nSPS) is 10.5. The lowest BCUT2D eigenvalue weighted by Gasteiger charge is -2.25. The lowest BCUT2D eigenvalue weighted by atomic mass is 10.1. The summed E-state index contributed by atoms with van der Waals surface area (Å²) in [7, 11) is 1.20. The lowest BCUT2D eigenvalue weighted by Crippen LogP contribution is -2.32. The Morgan fingerprint density at radius 2 is 2.14 bits per heavy atom. The summed E-state index contributed by atoms with van der Waals surface area (Å²) in [5.74, 6) is -0.568. The molecule has 1 aromatic carbocycles. The molecule has 0 atom stereocenters. The highest BCUT2D eigenvalue weighted by Gasteiger charge is 2.22. The van der Waals surface area contributed by atoms with Crippen LogP contribution < -0.4 is 4.90 Å². The summed E-state index contributed by atoms with van der Waals surface area (Å²) < 4.78 is 30.8. The molecule has 6 nitrogen and oxygen atoms in total. The summed E-state index contributed by atoms with van der Waals surface area (Å²) in [5.41, 5.74) is -0.784. The Morgan fingerprint density at radius 1 is 1.48 bits per heavy atom. The van der Waals surface area contributed by atoms with Gasteiger partial charge in [0.1, 0.15) is 6.54 Å². The van der Waals surface area contributed by atoms with E-state index in [9.17, 15) is 23.7 Å². The molecule has 1 aromatic rings. The van der Waals surface area contributed by atoms with E-state index in [-0.39, 0.29) is 12.2 Å². The Balaban J connectivity index is 3.22. The van der Waals surface area contributed by atoms with Crippen LogP contribution in [-0.2, 0) is 9.53 Å². The van der Waals surface area contributed by atoms with Crippen LogP contribution in [0.5, 0.6) is 0 Å². The van der Waals surface area contributed by atoms with Gasteiger partial charge in [-0.15, -0.1) is 0 Å². The van der Waals surface area contributed by atoms with Crippen LogP contribution in [0, 0.1) is 10.1 Å². The average molecular weight is 302 g/mol. The molecule has 0 amide bonds. The van der Waals surface area contributed by atoms with Gasteiger partial charge in [0.15, 0.2) is 0 Å². The molecule has 0 saturated carbocycles. The molecule has 116 valence electrons. The molecule has 0 unspecified atom stereocenters. The van der Waals surface area contributed by atoms with Gasteiger partial charge in [-0.2, -0.15) is 0 Å². The Morgan fingerprint density at radius 3 is 2.62 bits per heavy atom. The summed E-state index contributed by atoms with van der Waals surface area (Å²) in [6.07, 6.45) is -2.26. The van der Waals surface area contributed by atoms with Crippen molar-refractivity contribution >= 4 is 17.3 Å². The smallest absolute Gasteiger partial charge is 0.325 e. The summed E-state index contributed by atoms with van der Waals surface area (Å²) in [5, 5.41) is 10.7. The van der Waals surface area contributed by atoms with E-state index in [2.05, 4.69) is 4.74 Å². The van der Waals surface area contributed by atoms with Gasteiger partial charge >= 0.3 is 5.97 Å². The lowest BCUT2D eigenvalue weighted by molar-refractivity contribution is -0.385. The van der Waals surface area contributed by atoms with Crippen molar-refractivity contribution in [2.24, 2.45) is 0 Å². The number of non-ortho nitro benzene ring substituents is 1. The van der Waals surface area contributed by atoms with Gasteiger partial charge in [0.2, 0.25) is 0 Å². The van der Waals surface area contributed by atoms with E-state index in [0.717, 1.165) is 12.1 Å². The second-order valence-electron chi connectivity index (χ2n) is 4.30. The summed E-state index contributed by atoms with van der Waals surface area (Å²) in [4.78, 5) is 22.7. The van der Waals surface area contributed by atoms with Gasteiger partial charge in [0, 0.05) is 29.9 Å². The number of benzene rings is 1. The number of hydrogen-bond donors (Lipinski definition) is 0. The molecule has 0 aliphatic rings. The molecular formula is C13H16F2N2O4. The van der Waals surface area contributed by atoms with E-state index in [0.29, 0.717) is 13.0 Å². The van der Waals surface area contributed by atoms with Crippen molar-refractivity contribution in [3.8, 4) is 0 Å². The quantitative estimate of drug-likeness (QED) is 0.440. The van der Waals surface area contributed by atoms with Gasteiger partial charge in [-0.3, -0.25) is 14.9 Å². The average Bonchev–Trinajstić information content (AvgIpc) is 2.45. The van der Waals surface area contributed by atoms with Gasteiger partial charge in [-0.25, -0.2) is 8.78 Å².